The number of anilines is 1. The number of aryl methyl sites for hydroxylation is 1. The highest BCUT2D eigenvalue weighted by molar-refractivity contribution is 7.92. The topological polar surface area (TPSA) is 86.8 Å². The maximum Gasteiger partial charge on any atom is 0.264 e. The number of carbonyl (C=O) groups excluding carboxylic acids is 2. The van der Waals surface area contributed by atoms with Crippen LogP contribution in [-0.2, 0) is 26.2 Å². The highest BCUT2D eigenvalue weighted by atomic mass is 35.5. The van der Waals surface area contributed by atoms with Crippen LogP contribution in [0.2, 0.25) is 10.0 Å². The van der Waals surface area contributed by atoms with Gasteiger partial charge in [-0.2, -0.15) is 0 Å². The fourth-order valence-electron chi connectivity index (χ4n) is 3.90. The number of nitrogens with zero attached hydrogens (tertiary/aromatic N) is 2. The number of hydrogen-bond donors (Lipinski definition) is 1. The first-order valence-electron chi connectivity index (χ1n) is 12.7. The van der Waals surface area contributed by atoms with Crippen LogP contribution in [0.15, 0.2) is 77.7 Å². The maximum absolute atomic E-state index is 13.9. The van der Waals surface area contributed by atoms with E-state index in [2.05, 4.69) is 5.32 Å². The molecule has 0 aliphatic rings. The molecule has 0 aromatic heterocycles. The van der Waals surface area contributed by atoms with Gasteiger partial charge in [0.2, 0.25) is 11.8 Å². The standard InChI is InChI=1S/C29H33Cl2N3O4S/c1-4-5-17-32-29(36)22(3)33(19-23-11-13-24(30)14-12-23)28(35)20-34(26-8-6-7-25(31)18-26)39(37,38)27-15-9-21(2)10-16-27/h6-16,18,22H,4-5,17,19-20H2,1-3H3,(H,32,36)/t22-/m1/s1. The molecule has 0 unspecified atom stereocenters. The highest BCUT2D eigenvalue weighted by Gasteiger charge is 2.32. The summed E-state index contributed by atoms with van der Waals surface area (Å²) < 4.78 is 28.6. The molecule has 7 nitrogen and oxygen atoms in total. The van der Waals surface area contributed by atoms with Gasteiger partial charge in [-0.15, -0.1) is 0 Å². The normalized spacial score (nSPS) is 12.0. The summed E-state index contributed by atoms with van der Waals surface area (Å²) in [6, 6.07) is 18.8. The Hall–Kier alpha value is -3.07. The zero-order chi connectivity index (χ0) is 28.6. The number of amides is 2. The zero-order valence-corrected chi connectivity index (χ0v) is 24.6. The summed E-state index contributed by atoms with van der Waals surface area (Å²) in [7, 11) is -4.15. The van der Waals surface area contributed by atoms with Crippen molar-refractivity contribution >= 4 is 50.7 Å². The molecule has 0 spiro atoms. The SMILES string of the molecule is CCCCNC(=O)[C@@H](C)N(Cc1ccc(Cl)cc1)C(=O)CN(c1cccc(Cl)c1)S(=O)(=O)c1ccc(C)cc1. The first kappa shape index (κ1) is 30.5. The molecule has 1 N–H and O–H groups in total. The van der Waals surface area contributed by atoms with E-state index < -0.39 is 28.5 Å². The quantitative estimate of drug-likeness (QED) is 0.269. The Balaban J connectivity index is 1.99. The molecule has 3 aromatic carbocycles. The van der Waals surface area contributed by atoms with E-state index in [1.165, 1.54) is 23.1 Å². The molecule has 2 amide bonds. The van der Waals surface area contributed by atoms with Gasteiger partial charge in [-0.25, -0.2) is 8.42 Å². The van der Waals surface area contributed by atoms with E-state index in [1.807, 2.05) is 13.8 Å². The molecular weight excluding hydrogens is 557 g/mol. The molecule has 0 saturated heterocycles. The fourth-order valence-corrected chi connectivity index (χ4v) is 5.62. The number of rotatable bonds is 12. The van der Waals surface area contributed by atoms with E-state index in [1.54, 1.807) is 61.5 Å². The number of halogens is 2. The van der Waals surface area contributed by atoms with Crippen LogP contribution in [0.3, 0.4) is 0 Å². The predicted molar refractivity (Wildman–Crippen MR) is 157 cm³/mol. The van der Waals surface area contributed by atoms with Gasteiger partial charge >= 0.3 is 0 Å². The minimum Gasteiger partial charge on any atom is -0.354 e. The molecular formula is C29H33Cl2N3O4S. The molecule has 0 aliphatic carbocycles. The Bertz CT molecular complexity index is 1380. The van der Waals surface area contributed by atoms with E-state index in [-0.39, 0.29) is 23.0 Å². The second-order valence-corrected chi connectivity index (χ2v) is 12.0. The molecule has 1 atom stereocenters. The monoisotopic (exact) mass is 589 g/mol. The number of unbranched alkanes of at least 4 members (excludes halogenated alkanes) is 1. The van der Waals surface area contributed by atoms with E-state index in [4.69, 9.17) is 23.2 Å². The van der Waals surface area contributed by atoms with Gasteiger partial charge in [0, 0.05) is 23.1 Å². The maximum atomic E-state index is 13.9. The number of sulfonamides is 1. The minimum atomic E-state index is -4.15. The van der Waals surface area contributed by atoms with Crippen molar-refractivity contribution in [3.63, 3.8) is 0 Å². The summed E-state index contributed by atoms with van der Waals surface area (Å²) in [5.41, 5.74) is 1.89. The summed E-state index contributed by atoms with van der Waals surface area (Å²) in [6.45, 7) is 5.55. The lowest BCUT2D eigenvalue weighted by atomic mass is 10.1. The molecule has 0 saturated carbocycles. The minimum absolute atomic E-state index is 0.0375. The third-order valence-electron chi connectivity index (χ3n) is 6.25. The zero-order valence-electron chi connectivity index (χ0n) is 22.2. The van der Waals surface area contributed by atoms with Crippen LogP contribution in [0, 0.1) is 6.92 Å². The van der Waals surface area contributed by atoms with Gasteiger partial charge in [-0.05, 0) is 68.3 Å². The third kappa shape index (κ3) is 8.21. The second-order valence-electron chi connectivity index (χ2n) is 9.27. The average molecular weight is 591 g/mol. The molecule has 39 heavy (non-hydrogen) atoms. The first-order chi connectivity index (χ1) is 18.5. The summed E-state index contributed by atoms with van der Waals surface area (Å²) in [4.78, 5) is 28.3. The van der Waals surface area contributed by atoms with Gasteiger partial charge in [0.15, 0.2) is 0 Å². The van der Waals surface area contributed by atoms with Crippen LogP contribution in [0.4, 0.5) is 5.69 Å². The molecule has 0 aliphatic heterocycles. The van der Waals surface area contributed by atoms with Crippen molar-refractivity contribution in [1.29, 1.82) is 0 Å². The second kappa shape index (κ2) is 13.8. The van der Waals surface area contributed by atoms with Crippen molar-refractivity contribution < 1.29 is 18.0 Å². The van der Waals surface area contributed by atoms with Crippen molar-refractivity contribution in [3.05, 3.63) is 94.0 Å². The summed E-state index contributed by atoms with van der Waals surface area (Å²) in [5.74, 6) is -0.861. The smallest absolute Gasteiger partial charge is 0.264 e. The lowest BCUT2D eigenvalue weighted by Crippen LogP contribution is -2.51. The predicted octanol–water partition coefficient (Wildman–Crippen LogP) is 5.83. The fraction of sp³-hybridized carbons (Fsp3) is 0.310. The van der Waals surface area contributed by atoms with E-state index in [9.17, 15) is 18.0 Å². The molecule has 10 heteroatoms. The Morgan fingerprint density at radius 3 is 2.23 bits per heavy atom. The summed E-state index contributed by atoms with van der Waals surface area (Å²) >= 11 is 12.2. The Labute approximate surface area is 240 Å². The summed E-state index contributed by atoms with van der Waals surface area (Å²) in [6.07, 6.45) is 1.72. The average Bonchev–Trinajstić information content (AvgIpc) is 2.91. The van der Waals surface area contributed by atoms with Gasteiger partial charge in [0.25, 0.3) is 10.0 Å². The highest BCUT2D eigenvalue weighted by Crippen LogP contribution is 2.27. The molecule has 0 radical (unpaired) electrons. The molecule has 3 aromatic rings. The molecule has 0 heterocycles. The third-order valence-corrected chi connectivity index (χ3v) is 8.52. The number of nitrogens with one attached hydrogen (secondary N) is 1. The van der Waals surface area contributed by atoms with Crippen LogP contribution >= 0.6 is 23.2 Å². The van der Waals surface area contributed by atoms with Crippen molar-refractivity contribution in [2.24, 2.45) is 0 Å². The Kier molecular flexibility index (Phi) is 10.8. The van der Waals surface area contributed by atoms with E-state index in [0.29, 0.717) is 16.6 Å². The van der Waals surface area contributed by atoms with E-state index in [0.717, 1.165) is 28.3 Å². The Morgan fingerprint density at radius 2 is 1.62 bits per heavy atom. The van der Waals surface area contributed by atoms with Gasteiger partial charge in [0.1, 0.15) is 12.6 Å². The van der Waals surface area contributed by atoms with Crippen molar-refractivity contribution in [2.75, 3.05) is 17.4 Å². The largest absolute Gasteiger partial charge is 0.354 e. The summed E-state index contributed by atoms with van der Waals surface area (Å²) in [5, 5.41) is 3.73. The van der Waals surface area contributed by atoms with Gasteiger partial charge in [0.05, 0.1) is 10.6 Å². The van der Waals surface area contributed by atoms with Gasteiger partial charge in [-0.3, -0.25) is 13.9 Å². The Morgan fingerprint density at radius 1 is 0.949 bits per heavy atom. The molecule has 208 valence electrons. The molecule has 3 rings (SSSR count). The molecule has 0 bridgehead atoms. The van der Waals surface area contributed by atoms with Crippen molar-refractivity contribution in [1.82, 2.24) is 10.2 Å². The van der Waals surface area contributed by atoms with Crippen LogP contribution < -0.4 is 9.62 Å². The van der Waals surface area contributed by atoms with Gasteiger partial charge in [-0.1, -0.05) is 72.4 Å². The lowest BCUT2D eigenvalue weighted by molar-refractivity contribution is -0.139. The van der Waals surface area contributed by atoms with Gasteiger partial charge < -0.3 is 10.2 Å². The van der Waals surface area contributed by atoms with Crippen LogP contribution in [0.1, 0.15) is 37.8 Å². The molecule has 0 fully saturated rings. The van der Waals surface area contributed by atoms with Crippen molar-refractivity contribution in [3.8, 4) is 0 Å². The number of benzene rings is 3. The number of hydrogen-bond acceptors (Lipinski definition) is 4. The van der Waals surface area contributed by atoms with Crippen LogP contribution in [0.5, 0.6) is 0 Å². The van der Waals surface area contributed by atoms with E-state index >= 15 is 0 Å². The first-order valence-corrected chi connectivity index (χ1v) is 14.9. The van der Waals surface area contributed by atoms with Crippen LogP contribution in [-0.4, -0.2) is 44.3 Å². The number of carbonyl (C=O) groups is 2. The van der Waals surface area contributed by atoms with Crippen LogP contribution in [0.25, 0.3) is 0 Å². The lowest BCUT2D eigenvalue weighted by Gasteiger charge is -2.32. The van der Waals surface area contributed by atoms with Crippen molar-refractivity contribution in [2.45, 2.75) is 51.1 Å².